The van der Waals surface area contributed by atoms with Crippen molar-refractivity contribution in [2.45, 2.75) is 50.9 Å². The summed E-state index contributed by atoms with van der Waals surface area (Å²) >= 11 is 0. The van der Waals surface area contributed by atoms with Crippen LogP contribution in [-0.2, 0) is 23.5 Å². The Kier molecular flexibility index (Phi) is 9.48. The Morgan fingerprint density at radius 3 is 2.32 bits per heavy atom. The Morgan fingerprint density at radius 1 is 1.00 bits per heavy atom. The fraction of sp³-hybridized carbons (Fsp3) is 0.464. The lowest BCUT2D eigenvalue weighted by molar-refractivity contribution is -0.905. The highest BCUT2D eigenvalue weighted by Gasteiger charge is 2.44. The van der Waals surface area contributed by atoms with Crippen molar-refractivity contribution < 1.29 is 35.7 Å². The van der Waals surface area contributed by atoms with Gasteiger partial charge in [-0.15, -0.1) is 0 Å². The van der Waals surface area contributed by atoms with E-state index in [4.69, 9.17) is 9.15 Å². The van der Waals surface area contributed by atoms with Crippen molar-refractivity contribution in [3.8, 4) is 0 Å². The molecule has 5 nitrogen and oxygen atoms in total. The van der Waals surface area contributed by atoms with Gasteiger partial charge in [-0.25, -0.2) is 4.98 Å². The number of quaternary nitrogens is 1. The molecule has 1 aliphatic carbocycles. The van der Waals surface area contributed by atoms with Crippen molar-refractivity contribution in [2.24, 2.45) is 5.92 Å². The van der Waals surface area contributed by atoms with Gasteiger partial charge in [0.05, 0.1) is 33.5 Å². The van der Waals surface area contributed by atoms with E-state index in [0.29, 0.717) is 25.6 Å². The van der Waals surface area contributed by atoms with Crippen LogP contribution in [0, 0.1) is 5.92 Å². The maximum absolute atomic E-state index is 12.0. The number of nitrogens with zero attached hydrogens (tertiary/aromatic N) is 2. The summed E-state index contributed by atoms with van der Waals surface area (Å²) in [5, 5.41) is 12.0. The van der Waals surface area contributed by atoms with Gasteiger partial charge in [-0.1, -0.05) is 79.9 Å². The van der Waals surface area contributed by atoms with E-state index in [9.17, 15) is 5.11 Å². The molecule has 1 atom stereocenters. The van der Waals surface area contributed by atoms with Crippen LogP contribution in [0.2, 0.25) is 0 Å². The van der Waals surface area contributed by atoms with E-state index in [1.807, 2.05) is 48.5 Å². The molecule has 0 aliphatic heterocycles. The van der Waals surface area contributed by atoms with Crippen LogP contribution in [0.4, 0.5) is 0 Å². The number of oxazole rings is 1. The first-order valence-corrected chi connectivity index (χ1v) is 12.1. The van der Waals surface area contributed by atoms with Gasteiger partial charge in [0.2, 0.25) is 5.89 Å². The van der Waals surface area contributed by atoms with E-state index in [0.717, 1.165) is 48.0 Å². The molecule has 1 saturated carbocycles. The van der Waals surface area contributed by atoms with Crippen LogP contribution >= 0.6 is 0 Å². The summed E-state index contributed by atoms with van der Waals surface area (Å²) in [5.41, 5.74) is 0.870. The molecule has 3 aromatic rings. The van der Waals surface area contributed by atoms with Crippen molar-refractivity contribution >= 4 is 0 Å². The van der Waals surface area contributed by atoms with Gasteiger partial charge in [0, 0.05) is 5.92 Å². The first-order valence-electron chi connectivity index (χ1n) is 12.1. The van der Waals surface area contributed by atoms with Gasteiger partial charge in [-0.2, -0.15) is 0 Å². The molecule has 1 heterocycles. The molecule has 1 fully saturated rings. The third-order valence-corrected chi connectivity index (χ3v) is 6.83. The quantitative estimate of drug-likeness (QED) is 0.324. The minimum atomic E-state index is -1.18. The van der Waals surface area contributed by atoms with Gasteiger partial charge < -0.3 is 35.7 Å². The molecule has 184 valence electrons. The van der Waals surface area contributed by atoms with Crippen molar-refractivity contribution in [1.29, 1.82) is 0 Å². The zero-order chi connectivity index (χ0) is 23.2. The zero-order valence-corrected chi connectivity index (χ0v) is 21.9. The Labute approximate surface area is 214 Å². The number of ether oxygens (including phenoxy) is 1. The first-order chi connectivity index (χ1) is 16.0. The first kappa shape index (κ1) is 26.6. The second kappa shape index (κ2) is 12.1. The number of aliphatic hydroxyl groups is 1. The maximum Gasteiger partial charge on any atom is 0.231 e. The lowest BCUT2D eigenvalue weighted by atomic mass is 9.73. The Hall–Kier alpha value is -1.99. The van der Waals surface area contributed by atoms with Crippen LogP contribution in [0.1, 0.15) is 54.9 Å². The third kappa shape index (κ3) is 6.57. The monoisotopic (exact) mass is 528 g/mol. The summed E-state index contributed by atoms with van der Waals surface area (Å²) < 4.78 is 12.9. The van der Waals surface area contributed by atoms with Crippen molar-refractivity contribution in [2.75, 3.05) is 27.2 Å². The van der Waals surface area contributed by atoms with Gasteiger partial charge in [-0.05, 0) is 24.0 Å². The standard InChI is InChI=1S/C28H37N2O3.BrH/c1-30(2,18-19-32-22-23-12-6-3-7-13-23)21-26-20-29-27(33-26)28(31,24-14-8-4-9-15-24)25-16-10-5-11-17-25;/h3-4,6-9,12-15,20,25,31H,5,10-11,16-19,21-22H2,1-2H3;1H/q+1;/p-1. The Morgan fingerprint density at radius 2 is 1.65 bits per heavy atom. The van der Waals surface area contributed by atoms with Crippen molar-refractivity contribution in [3.05, 3.63) is 89.6 Å². The van der Waals surface area contributed by atoms with E-state index in [2.05, 4.69) is 31.2 Å². The number of benzene rings is 2. The molecule has 0 saturated heterocycles. The van der Waals surface area contributed by atoms with Gasteiger partial charge in [0.15, 0.2) is 11.4 Å². The molecule has 0 amide bonds. The number of hydrogen-bond acceptors (Lipinski definition) is 4. The van der Waals surface area contributed by atoms with E-state index >= 15 is 0 Å². The Balaban J connectivity index is 0.00000324. The number of rotatable bonds is 10. The average molecular weight is 530 g/mol. The highest BCUT2D eigenvalue weighted by molar-refractivity contribution is 5.30. The number of aromatic nitrogens is 1. The second-order valence-corrected chi connectivity index (χ2v) is 9.95. The minimum Gasteiger partial charge on any atom is -1.00 e. The highest BCUT2D eigenvalue weighted by atomic mass is 79.9. The molecule has 34 heavy (non-hydrogen) atoms. The maximum atomic E-state index is 12.0. The van der Waals surface area contributed by atoms with E-state index in [1.54, 1.807) is 6.20 Å². The van der Waals surface area contributed by atoms with Crippen LogP contribution in [0.5, 0.6) is 0 Å². The fourth-order valence-corrected chi connectivity index (χ4v) is 4.88. The molecule has 1 aliphatic rings. The molecule has 0 bridgehead atoms. The fourth-order valence-electron chi connectivity index (χ4n) is 4.88. The summed E-state index contributed by atoms with van der Waals surface area (Å²) in [6.45, 7) is 2.84. The number of likely N-dealkylation sites (N-methyl/N-ethyl adjacent to an activating group) is 1. The zero-order valence-electron chi connectivity index (χ0n) is 20.3. The molecule has 6 heteroatoms. The van der Waals surface area contributed by atoms with E-state index < -0.39 is 5.60 Å². The summed E-state index contributed by atoms with van der Waals surface area (Å²) in [6, 6.07) is 20.1. The molecule has 1 unspecified atom stereocenters. The van der Waals surface area contributed by atoms with E-state index in [1.165, 1.54) is 12.0 Å². The number of halogens is 1. The summed E-state index contributed by atoms with van der Waals surface area (Å²) in [4.78, 5) is 4.60. The predicted octanol–water partition coefficient (Wildman–Crippen LogP) is 2.29. The normalized spacial score (nSPS) is 16.6. The van der Waals surface area contributed by atoms with Crippen LogP contribution < -0.4 is 17.0 Å². The van der Waals surface area contributed by atoms with Crippen molar-refractivity contribution in [3.63, 3.8) is 0 Å². The van der Waals surface area contributed by atoms with Gasteiger partial charge in [0.1, 0.15) is 13.1 Å². The SMILES string of the molecule is C[N+](C)(CCOCc1ccccc1)Cc1cnc(C(O)(c2ccccc2)C2CCCCC2)o1.[Br-]. The largest absolute Gasteiger partial charge is 1.00 e. The van der Waals surface area contributed by atoms with Crippen LogP contribution in [0.15, 0.2) is 71.3 Å². The molecule has 1 aromatic heterocycles. The molecule has 2 aromatic carbocycles. The Bertz CT molecular complexity index is 987. The lowest BCUT2D eigenvalue weighted by Gasteiger charge is -2.36. The van der Waals surface area contributed by atoms with Crippen LogP contribution in [0.3, 0.4) is 0 Å². The smallest absolute Gasteiger partial charge is 0.231 e. The summed E-state index contributed by atoms with van der Waals surface area (Å²) in [5.74, 6) is 1.34. The lowest BCUT2D eigenvalue weighted by Crippen LogP contribution is -3.00. The summed E-state index contributed by atoms with van der Waals surface area (Å²) in [7, 11) is 4.33. The second-order valence-electron chi connectivity index (χ2n) is 9.95. The van der Waals surface area contributed by atoms with E-state index in [-0.39, 0.29) is 22.9 Å². The average Bonchev–Trinajstić information content (AvgIpc) is 3.31. The molecule has 0 spiro atoms. The molecule has 4 rings (SSSR count). The van der Waals surface area contributed by atoms with Gasteiger partial charge >= 0.3 is 0 Å². The predicted molar refractivity (Wildman–Crippen MR) is 129 cm³/mol. The van der Waals surface area contributed by atoms with Crippen LogP contribution in [0.25, 0.3) is 0 Å². The molecular weight excluding hydrogens is 492 g/mol. The summed E-state index contributed by atoms with van der Waals surface area (Å²) in [6.07, 6.45) is 7.28. The van der Waals surface area contributed by atoms with Crippen LogP contribution in [-0.4, -0.2) is 41.8 Å². The van der Waals surface area contributed by atoms with Crippen molar-refractivity contribution in [1.82, 2.24) is 4.98 Å². The highest BCUT2D eigenvalue weighted by Crippen LogP contribution is 2.43. The molecule has 1 N–H and O–H groups in total. The third-order valence-electron chi connectivity index (χ3n) is 6.83. The topological polar surface area (TPSA) is 55.5 Å². The van der Waals surface area contributed by atoms with Gasteiger partial charge in [0.25, 0.3) is 0 Å². The number of hydrogen-bond donors (Lipinski definition) is 1. The van der Waals surface area contributed by atoms with Gasteiger partial charge in [-0.3, -0.25) is 0 Å². The molecule has 0 radical (unpaired) electrons. The molecular formula is C28H37BrN2O3. The minimum absolute atomic E-state index is 0.